The fourth-order valence-electron chi connectivity index (χ4n) is 2.94. The summed E-state index contributed by atoms with van der Waals surface area (Å²) in [7, 11) is 0. The van der Waals surface area contributed by atoms with Crippen LogP contribution in [0.5, 0.6) is 0 Å². The van der Waals surface area contributed by atoms with E-state index in [1.54, 1.807) is 0 Å². The van der Waals surface area contributed by atoms with Crippen molar-refractivity contribution in [3.8, 4) is 0 Å². The average Bonchev–Trinajstić information content (AvgIpc) is 2.95. The second-order valence-electron chi connectivity index (χ2n) is 5.90. The minimum atomic E-state index is -0.0673. The molecule has 0 aromatic carbocycles. The van der Waals surface area contributed by atoms with Gasteiger partial charge in [-0.05, 0) is 25.5 Å². The summed E-state index contributed by atoms with van der Waals surface area (Å²) in [6.07, 6.45) is 2.70. The Morgan fingerprint density at radius 1 is 1.29 bits per heavy atom. The van der Waals surface area contributed by atoms with Gasteiger partial charge in [0.05, 0.1) is 5.69 Å². The minimum Gasteiger partial charge on any atom is -0.339 e. The number of hydrogen-bond donors (Lipinski definition) is 2. The molecule has 3 heterocycles. The van der Waals surface area contributed by atoms with Crippen LogP contribution in [0.4, 0.5) is 0 Å². The summed E-state index contributed by atoms with van der Waals surface area (Å²) in [5, 5.41) is 0. The Hall–Kier alpha value is -1.50. The van der Waals surface area contributed by atoms with Crippen LogP contribution in [0.3, 0.4) is 0 Å². The van der Waals surface area contributed by atoms with E-state index in [1.165, 1.54) is 0 Å². The van der Waals surface area contributed by atoms with Crippen molar-refractivity contribution >= 4 is 5.91 Å². The first-order valence-corrected chi connectivity index (χ1v) is 7.64. The van der Waals surface area contributed by atoms with Crippen LogP contribution >= 0.6 is 0 Å². The fraction of sp³-hybridized carbons (Fsp3) is 0.600. The van der Waals surface area contributed by atoms with E-state index in [0.29, 0.717) is 6.04 Å². The van der Waals surface area contributed by atoms with Gasteiger partial charge in [0.15, 0.2) is 0 Å². The lowest BCUT2D eigenvalue weighted by Crippen LogP contribution is -2.53. The van der Waals surface area contributed by atoms with Gasteiger partial charge in [-0.2, -0.15) is 0 Å². The number of nitrogens with one attached hydrogen (secondary N) is 2. The Kier molecular flexibility index (Phi) is 4.48. The molecule has 1 aromatic rings. The summed E-state index contributed by atoms with van der Waals surface area (Å²) < 4.78 is 0. The van der Waals surface area contributed by atoms with Gasteiger partial charge in [0.2, 0.25) is 5.91 Å². The molecule has 2 atom stereocenters. The largest absolute Gasteiger partial charge is 0.339 e. The zero-order chi connectivity index (χ0) is 14.7. The number of carbonyl (C=O) groups excluding carboxylic acids is 1. The van der Waals surface area contributed by atoms with Crippen molar-refractivity contribution in [3.63, 3.8) is 0 Å². The molecule has 2 saturated heterocycles. The van der Waals surface area contributed by atoms with Gasteiger partial charge in [-0.1, -0.05) is 6.07 Å². The van der Waals surface area contributed by atoms with Gasteiger partial charge in [-0.25, -0.2) is 5.43 Å². The summed E-state index contributed by atoms with van der Waals surface area (Å²) in [6, 6.07) is 6.30. The normalized spacial score (nSPS) is 27.0. The third-order valence-corrected chi connectivity index (χ3v) is 4.19. The molecule has 0 bridgehead atoms. The van der Waals surface area contributed by atoms with Crippen LogP contribution in [0.15, 0.2) is 24.4 Å². The predicted octanol–water partition coefficient (Wildman–Crippen LogP) is -0.0192. The summed E-state index contributed by atoms with van der Waals surface area (Å²) in [5.41, 5.74) is 7.29. The predicted molar refractivity (Wildman–Crippen MR) is 80.2 cm³/mol. The minimum absolute atomic E-state index is 0.0673. The number of carbonyl (C=O) groups is 1. The standard InChI is InChI=1S/C15H23N5O/c1-12-10-14(18-17-12)15(21)20-8-6-19(7-9-20)11-13-4-2-3-5-16-13/h2-5,12,14,17-18H,6-11H2,1H3. The third-order valence-electron chi connectivity index (χ3n) is 4.19. The topological polar surface area (TPSA) is 60.5 Å². The van der Waals surface area contributed by atoms with E-state index < -0.39 is 0 Å². The molecule has 114 valence electrons. The van der Waals surface area contributed by atoms with E-state index in [9.17, 15) is 4.79 Å². The zero-order valence-electron chi connectivity index (χ0n) is 12.5. The molecule has 2 aliphatic rings. The van der Waals surface area contributed by atoms with Gasteiger partial charge in [-0.15, -0.1) is 0 Å². The zero-order valence-corrected chi connectivity index (χ0v) is 12.5. The van der Waals surface area contributed by atoms with Crippen LogP contribution in [0.25, 0.3) is 0 Å². The number of rotatable bonds is 3. The number of nitrogens with zero attached hydrogens (tertiary/aromatic N) is 3. The molecular weight excluding hydrogens is 266 g/mol. The molecular formula is C15H23N5O. The average molecular weight is 289 g/mol. The molecule has 6 nitrogen and oxygen atoms in total. The molecule has 0 saturated carbocycles. The van der Waals surface area contributed by atoms with E-state index in [1.807, 2.05) is 29.3 Å². The number of amides is 1. The smallest absolute Gasteiger partial charge is 0.241 e. The van der Waals surface area contributed by atoms with Gasteiger partial charge >= 0.3 is 0 Å². The maximum atomic E-state index is 12.4. The van der Waals surface area contributed by atoms with Crippen molar-refractivity contribution in [2.24, 2.45) is 0 Å². The molecule has 21 heavy (non-hydrogen) atoms. The van der Waals surface area contributed by atoms with E-state index >= 15 is 0 Å². The van der Waals surface area contributed by atoms with Gasteiger partial charge < -0.3 is 4.90 Å². The van der Waals surface area contributed by atoms with Gasteiger partial charge in [-0.3, -0.25) is 20.1 Å². The molecule has 0 radical (unpaired) electrons. The molecule has 6 heteroatoms. The highest BCUT2D eigenvalue weighted by Crippen LogP contribution is 2.11. The molecule has 1 aromatic heterocycles. The summed E-state index contributed by atoms with van der Waals surface area (Å²) in [5.74, 6) is 0.226. The second kappa shape index (κ2) is 6.51. The molecule has 0 aliphatic carbocycles. The molecule has 2 aliphatic heterocycles. The van der Waals surface area contributed by atoms with E-state index in [4.69, 9.17) is 0 Å². The van der Waals surface area contributed by atoms with E-state index in [2.05, 4.69) is 27.7 Å². The summed E-state index contributed by atoms with van der Waals surface area (Å²) in [6.45, 7) is 6.39. The number of hydrazine groups is 1. The number of pyridine rings is 1. The lowest BCUT2D eigenvalue weighted by Gasteiger charge is -2.35. The van der Waals surface area contributed by atoms with Crippen molar-refractivity contribution < 1.29 is 4.79 Å². The van der Waals surface area contributed by atoms with Crippen molar-refractivity contribution in [2.75, 3.05) is 26.2 Å². The number of hydrogen-bond acceptors (Lipinski definition) is 5. The molecule has 2 N–H and O–H groups in total. The first-order chi connectivity index (χ1) is 10.2. The highest BCUT2D eigenvalue weighted by molar-refractivity contribution is 5.82. The SMILES string of the molecule is CC1CC(C(=O)N2CCN(Cc3ccccn3)CC2)NN1. The van der Waals surface area contributed by atoms with Crippen LogP contribution in [-0.4, -0.2) is 59.0 Å². The maximum absolute atomic E-state index is 12.4. The number of aromatic nitrogens is 1. The third kappa shape index (κ3) is 3.58. The lowest BCUT2D eigenvalue weighted by atomic mass is 10.1. The van der Waals surface area contributed by atoms with Crippen molar-refractivity contribution in [2.45, 2.75) is 32.0 Å². The van der Waals surface area contributed by atoms with Crippen LogP contribution < -0.4 is 10.9 Å². The van der Waals surface area contributed by atoms with Crippen LogP contribution in [-0.2, 0) is 11.3 Å². The van der Waals surface area contributed by atoms with Gasteiger partial charge in [0, 0.05) is 45.0 Å². The Morgan fingerprint density at radius 3 is 2.71 bits per heavy atom. The van der Waals surface area contributed by atoms with Gasteiger partial charge in [0.25, 0.3) is 0 Å². The van der Waals surface area contributed by atoms with Crippen molar-refractivity contribution in [1.82, 2.24) is 25.6 Å². The monoisotopic (exact) mass is 289 g/mol. The van der Waals surface area contributed by atoms with E-state index in [-0.39, 0.29) is 11.9 Å². The fourth-order valence-corrected chi connectivity index (χ4v) is 2.94. The Labute approximate surface area is 125 Å². The Bertz CT molecular complexity index is 472. The first kappa shape index (κ1) is 14.4. The van der Waals surface area contributed by atoms with Crippen LogP contribution in [0.1, 0.15) is 19.0 Å². The van der Waals surface area contributed by atoms with Crippen molar-refractivity contribution in [3.05, 3.63) is 30.1 Å². The van der Waals surface area contributed by atoms with Crippen molar-refractivity contribution in [1.29, 1.82) is 0 Å². The molecule has 3 rings (SSSR count). The lowest BCUT2D eigenvalue weighted by molar-refractivity contribution is -0.135. The summed E-state index contributed by atoms with van der Waals surface area (Å²) >= 11 is 0. The Balaban J connectivity index is 1.47. The van der Waals surface area contributed by atoms with Gasteiger partial charge in [0.1, 0.15) is 6.04 Å². The molecule has 2 unspecified atom stereocenters. The van der Waals surface area contributed by atoms with Crippen LogP contribution in [0, 0.1) is 0 Å². The highest BCUT2D eigenvalue weighted by Gasteiger charge is 2.31. The molecule has 2 fully saturated rings. The number of piperazine rings is 1. The second-order valence-corrected chi connectivity index (χ2v) is 5.90. The first-order valence-electron chi connectivity index (χ1n) is 7.64. The Morgan fingerprint density at radius 2 is 2.10 bits per heavy atom. The maximum Gasteiger partial charge on any atom is 0.241 e. The van der Waals surface area contributed by atoms with E-state index in [0.717, 1.165) is 44.8 Å². The van der Waals surface area contributed by atoms with Crippen LogP contribution in [0.2, 0.25) is 0 Å². The summed E-state index contributed by atoms with van der Waals surface area (Å²) in [4.78, 5) is 21.1. The highest BCUT2D eigenvalue weighted by atomic mass is 16.2. The molecule has 1 amide bonds. The quantitative estimate of drug-likeness (QED) is 0.819. The molecule has 0 spiro atoms.